The first kappa shape index (κ1) is 20.8. The number of carbonyl (C=O) groups excluding carboxylic acids is 2. The van der Waals surface area contributed by atoms with Crippen LogP contribution in [0.5, 0.6) is 0 Å². The number of aromatic nitrogens is 3. The fraction of sp³-hybridized carbons (Fsp3) is 0.444. The number of ether oxygens (including phenoxy) is 1. The minimum absolute atomic E-state index is 0.153. The van der Waals surface area contributed by atoms with E-state index in [0.29, 0.717) is 22.2 Å². The van der Waals surface area contributed by atoms with Crippen LogP contribution >= 0.6 is 11.8 Å². The SMILES string of the molecule is CCCCc1nnc(SCC(=O)Nc2ccc(C(=O)OC(C)C)cc2)n1N. The predicted octanol–water partition coefficient (Wildman–Crippen LogP) is 2.63. The zero-order chi connectivity index (χ0) is 19.8. The normalized spacial score (nSPS) is 10.8. The summed E-state index contributed by atoms with van der Waals surface area (Å²) < 4.78 is 6.56. The van der Waals surface area contributed by atoms with Crippen molar-refractivity contribution in [2.75, 3.05) is 16.9 Å². The van der Waals surface area contributed by atoms with E-state index in [-0.39, 0.29) is 23.7 Å². The Morgan fingerprint density at radius 1 is 1.26 bits per heavy atom. The second kappa shape index (κ2) is 9.96. The molecular formula is C18H25N5O3S. The maximum atomic E-state index is 12.1. The molecule has 1 heterocycles. The van der Waals surface area contributed by atoms with Crippen molar-refractivity contribution in [3.63, 3.8) is 0 Å². The number of nitrogen functional groups attached to an aromatic ring is 1. The predicted molar refractivity (Wildman–Crippen MR) is 105 cm³/mol. The van der Waals surface area contributed by atoms with Crippen molar-refractivity contribution in [2.24, 2.45) is 0 Å². The molecule has 0 saturated carbocycles. The number of nitrogens with one attached hydrogen (secondary N) is 1. The summed E-state index contributed by atoms with van der Waals surface area (Å²) in [6.07, 6.45) is 2.62. The third-order valence-corrected chi connectivity index (χ3v) is 4.51. The van der Waals surface area contributed by atoms with E-state index in [1.54, 1.807) is 38.1 Å². The Balaban J connectivity index is 1.85. The number of carbonyl (C=O) groups is 2. The van der Waals surface area contributed by atoms with E-state index in [1.165, 1.54) is 16.4 Å². The molecule has 1 amide bonds. The number of rotatable bonds is 9. The molecule has 0 fully saturated rings. The van der Waals surface area contributed by atoms with Gasteiger partial charge in [-0.25, -0.2) is 9.47 Å². The number of unbranched alkanes of at least 4 members (excludes halogenated alkanes) is 1. The van der Waals surface area contributed by atoms with Gasteiger partial charge >= 0.3 is 5.97 Å². The number of anilines is 1. The molecule has 0 spiro atoms. The highest BCUT2D eigenvalue weighted by Gasteiger charge is 2.13. The van der Waals surface area contributed by atoms with Gasteiger partial charge in [0.25, 0.3) is 0 Å². The largest absolute Gasteiger partial charge is 0.459 e. The molecule has 0 unspecified atom stereocenters. The Hall–Kier alpha value is -2.55. The lowest BCUT2D eigenvalue weighted by Gasteiger charge is -2.09. The monoisotopic (exact) mass is 391 g/mol. The fourth-order valence-electron chi connectivity index (χ4n) is 2.21. The number of amides is 1. The van der Waals surface area contributed by atoms with Crippen molar-refractivity contribution in [1.29, 1.82) is 0 Å². The molecule has 1 aromatic carbocycles. The van der Waals surface area contributed by atoms with Gasteiger partial charge in [0.05, 0.1) is 17.4 Å². The highest BCUT2D eigenvalue weighted by atomic mass is 32.2. The van der Waals surface area contributed by atoms with Gasteiger partial charge in [0.2, 0.25) is 11.1 Å². The first-order chi connectivity index (χ1) is 12.9. The molecule has 2 aromatic rings. The average molecular weight is 391 g/mol. The summed E-state index contributed by atoms with van der Waals surface area (Å²) in [6, 6.07) is 6.55. The Labute approximate surface area is 162 Å². The third-order valence-electron chi connectivity index (χ3n) is 3.57. The second-order valence-corrected chi connectivity index (χ2v) is 7.18. The van der Waals surface area contributed by atoms with Crippen LogP contribution in [0.1, 0.15) is 49.8 Å². The summed E-state index contributed by atoms with van der Waals surface area (Å²) in [5, 5.41) is 11.3. The van der Waals surface area contributed by atoms with E-state index < -0.39 is 0 Å². The number of aryl methyl sites for hydroxylation is 1. The Bertz CT molecular complexity index is 774. The maximum absolute atomic E-state index is 12.1. The van der Waals surface area contributed by atoms with Crippen LogP contribution in [0.3, 0.4) is 0 Å². The number of thioether (sulfide) groups is 1. The van der Waals surface area contributed by atoms with E-state index in [4.69, 9.17) is 10.6 Å². The van der Waals surface area contributed by atoms with Gasteiger partial charge < -0.3 is 15.9 Å². The lowest BCUT2D eigenvalue weighted by atomic mass is 10.2. The first-order valence-electron chi connectivity index (χ1n) is 8.83. The number of nitrogens with zero attached hydrogens (tertiary/aromatic N) is 3. The van der Waals surface area contributed by atoms with Crippen LogP contribution in [0.2, 0.25) is 0 Å². The number of esters is 1. The lowest BCUT2D eigenvalue weighted by Crippen LogP contribution is -2.17. The van der Waals surface area contributed by atoms with Crippen LogP contribution in [-0.2, 0) is 16.0 Å². The quantitative estimate of drug-likeness (QED) is 0.384. The molecule has 0 atom stereocenters. The van der Waals surface area contributed by atoms with E-state index in [0.717, 1.165) is 19.3 Å². The minimum atomic E-state index is -0.389. The standard InChI is InChI=1S/C18H25N5O3S/c1-4-5-6-15-21-22-18(23(15)19)27-11-16(24)20-14-9-7-13(8-10-14)17(25)26-12(2)3/h7-10,12H,4-6,11,19H2,1-3H3,(H,20,24). The van der Waals surface area contributed by atoms with Crippen LogP contribution in [-0.4, -0.2) is 38.6 Å². The van der Waals surface area contributed by atoms with E-state index in [2.05, 4.69) is 22.4 Å². The average Bonchev–Trinajstić information content (AvgIpc) is 2.98. The first-order valence-corrected chi connectivity index (χ1v) is 9.82. The zero-order valence-electron chi connectivity index (χ0n) is 15.8. The van der Waals surface area contributed by atoms with Crippen LogP contribution in [0.15, 0.2) is 29.4 Å². The summed E-state index contributed by atoms with van der Waals surface area (Å²) in [5.74, 6) is 6.23. The van der Waals surface area contributed by atoms with Crippen LogP contribution < -0.4 is 11.2 Å². The Morgan fingerprint density at radius 3 is 2.59 bits per heavy atom. The molecule has 146 valence electrons. The molecule has 2 rings (SSSR count). The second-order valence-electron chi connectivity index (χ2n) is 6.24. The van der Waals surface area contributed by atoms with Crippen molar-refractivity contribution in [1.82, 2.24) is 14.9 Å². The van der Waals surface area contributed by atoms with E-state index in [1.807, 2.05) is 0 Å². The summed E-state index contributed by atoms with van der Waals surface area (Å²) in [5.41, 5.74) is 1.03. The summed E-state index contributed by atoms with van der Waals surface area (Å²) >= 11 is 1.22. The van der Waals surface area contributed by atoms with Gasteiger partial charge in [-0.05, 0) is 44.5 Å². The van der Waals surface area contributed by atoms with Crippen LogP contribution in [0.25, 0.3) is 0 Å². The smallest absolute Gasteiger partial charge is 0.338 e. The molecule has 9 heteroatoms. The third kappa shape index (κ3) is 6.28. The molecule has 27 heavy (non-hydrogen) atoms. The minimum Gasteiger partial charge on any atom is -0.459 e. The molecule has 8 nitrogen and oxygen atoms in total. The Morgan fingerprint density at radius 2 is 1.96 bits per heavy atom. The molecule has 0 aliphatic heterocycles. The van der Waals surface area contributed by atoms with E-state index in [9.17, 15) is 9.59 Å². The number of hydrogen-bond donors (Lipinski definition) is 2. The van der Waals surface area contributed by atoms with Crippen molar-refractivity contribution in [3.8, 4) is 0 Å². The summed E-state index contributed by atoms with van der Waals surface area (Å²) in [6.45, 7) is 5.68. The molecule has 3 N–H and O–H groups in total. The number of nitrogens with two attached hydrogens (primary N) is 1. The molecule has 0 radical (unpaired) electrons. The maximum Gasteiger partial charge on any atom is 0.338 e. The summed E-state index contributed by atoms with van der Waals surface area (Å²) in [4.78, 5) is 23.9. The van der Waals surface area contributed by atoms with Gasteiger partial charge in [0.1, 0.15) is 0 Å². The topological polar surface area (TPSA) is 112 Å². The van der Waals surface area contributed by atoms with Gasteiger partial charge in [-0.2, -0.15) is 0 Å². The highest BCUT2D eigenvalue weighted by Crippen LogP contribution is 2.17. The van der Waals surface area contributed by atoms with Crippen molar-refractivity contribution >= 4 is 29.3 Å². The lowest BCUT2D eigenvalue weighted by molar-refractivity contribution is -0.113. The van der Waals surface area contributed by atoms with Gasteiger partial charge in [-0.15, -0.1) is 10.2 Å². The highest BCUT2D eigenvalue weighted by molar-refractivity contribution is 7.99. The van der Waals surface area contributed by atoms with Crippen molar-refractivity contribution in [2.45, 2.75) is 51.3 Å². The molecular weight excluding hydrogens is 366 g/mol. The molecule has 0 aliphatic carbocycles. The Kier molecular flexibility index (Phi) is 7.66. The molecule has 1 aromatic heterocycles. The number of hydrogen-bond acceptors (Lipinski definition) is 7. The molecule has 0 bridgehead atoms. The van der Waals surface area contributed by atoms with Gasteiger partial charge in [0, 0.05) is 12.1 Å². The molecule has 0 saturated heterocycles. The van der Waals surface area contributed by atoms with Crippen LogP contribution in [0.4, 0.5) is 5.69 Å². The van der Waals surface area contributed by atoms with Gasteiger partial charge in [-0.3, -0.25) is 4.79 Å². The fourth-order valence-corrected chi connectivity index (χ4v) is 2.89. The zero-order valence-corrected chi connectivity index (χ0v) is 16.6. The van der Waals surface area contributed by atoms with Crippen molar-refractivity contribution in [3.05, 3.63) is 35.7 Å². The molecule has 0 aliphatic rings. The van der Waals surface area contributed by atoms with Gasteiger partial charge in [0.15, 0.2) is 5.82 Å². The number of benzene rings is 1. The summed E-state index contributed by atoms with van der Waals surface area (Å²) in [7, 11) is 0. The van der Waals surface area contributed by atoms with Crippen LogP contribution in [0, 0.1) is 0 Å². The van der Waals surface area contributed by atoms with E-state index >= 15 is 0 Å². The van der Waals surface area contributed by atoms with Gasteiger partial charge in [-0.1, -0.05) is 25.1 Å². The van der Waals surface area contributed by atoms with Crippen molar-refractivity contribution < 1.29 is 14.3 Å².